The first-order chi connectivity index (χ1) is 7.79. The molecular formula is C14H22N2O. The summed E-state index contributed by atoms with van der Waals surface area (Å²) in [4.78, 5) is 2.20. The largest absolute Gasteiger partial charge is 0.633 e. The van der Waals surface area contributed by atoms with Gasteiger partial charge in [0, 0.05) is 13.8 Å². The van der Waals surface area contributed by atoms with Crippen LogP contribution in [0.15, 0.2) is 30.3 Å². The van der Waals surface area contributed by atoms with Crippen molar-refractivity contribution in [1.82, 2.24) is 4.90 Å². The van der Waals surface area contributed by atoms with E-state index in [4.69, 9.17) is 0 Å². The fourth-order valence-electron chi connectivity index (χ4n) is 3.16. The molecule has 1 aliphatic heterocycles. The van der Waals surface area contributed by atoms with E-state index in [-0.39, 0.29) is 17.2 Å². The minimum atomic E-state index is -0.385. The van der Waals surface area contributed by atoms with Gasteiger partial charge in [0.1, 0.15) is 11.2 Å². The molecule has 1 N–H and O–H groups in total. The van der Waals surface area contributed by atoms with Crippen LogP contribution >= 0.6 is 0 Å². The molecule has 1 heterocycles. The molecule has 2 atom stereocenters. The second-order valence-corrected chi connectivity index (χ2v) is 6.03. The quantitative estimate of drug-likeness (QED) is 0.748. The Hall–Kier alpha value is -0.900. The van der Waals surface area contributed by atoms with Crippen LogP contribution in [0.25, 0.3) is 0 Å². The number of hydrogen-bond donors (Lipinski definition) is 1. The lowest BCUT2D eigenvalue weighted by Crippen LogP contribution is -3.20. The molecule has 0 bridgehead atoms. The molecule has 1 aromatic rings. The van der Waals surface area contributed by atoms with Crippen LogP contribution < -0.4 is 5.06 Å². The summed E-state index contributed by atoms with van der Waals surface area (Å²) in [5.41, 5.74) is 0.503. The molecule has 3 heteroatoms. The molecule has 1 saturated heterocycles. The van der Waals surface area contributed by atoms with E-state index in [9.17, 15) is 5.21 Å². The number of hydrogen-bond acceptors (Lipinski definition) is 2. The van der Waals surface area contributed by atoms with E-state index < -0.39 is 0 Å². The van der Waals surface area contributed by atoms with Gasteiger partial charge in [-0.25, -0.2) is 4.90 Å². The van der Waals surface area contributed by atoms with Gasteiger partial charge in [0.15, 0.2) is 0 Å². The highest BCUT2D eigenvalue weighted by atomic mass is 16.5. The SMILES string of the molecule is CN1C(c2ccccc2)C(C)(C)[NH+]([O-])C1(C)C. The van der Waals surface area contributed by atoms with Crippen molar-refractivity contribution in [2.45, 2.75) is 44.9 Å². The van der Waals surface area contributed by atoms with Crippen LogP contribution in [0, 0.1) is 5.21 Å². The highest BCUT2D eigenvalue weighted by Gasteiger charge is 2.56. The van der Waals surface area contributed by atoms with Gasteiger partial charge in [-0.3, -0.25) is 0 Å². The molecule has 0 spiro atoms. The lowest BCUT2D eigenvalue weighted by molar-refractivity contribution is -0.939. The van der Waals surface area contributed by atoms with Crippen LogP contribution in [0.1, 0.15) is 39.3 Å². The van der Waals surface area contributed by atoms with Gasteiger partial charge in [0.05, 0.1) is 6.04 Å². The molecule has 94 valence electrons. The maximum atomic E-state index is 12.5. The fraction of sp³-hybridized carbons (Fsp3) is 0.571. The van der Waals surface area contributed by atoms with Gasteiger partial charge < -0.3 is 10.3 Å². The van der Waals surface area contributed by atoms with E-state index in [0.717, 1.165) is 0 Å². The standard InChI is InChI=1S/C14H22N2O/c1-13(2)12(11-9-7-6-8-10-11)15(5)14(3,4)16(13)17/h6-10,12,16H,1-5H3. The summed E-state index contributed by atoms with van der Waals surface area (Å²) in [6.45, 7) is 8.14. The number of hydroxylamine groups is 2. The molecule has 0 aliphatic carbocycles. The normalized spacial score (nSPS) is 31.6. The summed E-state index contributed by atoms with van der Waals surface area (Å²) < 4.78 is 0. The summed E-state index contributed by atoms with van der Waals surface area (Å²) in [6.07, 6.45) is 0. The molecule has 0 aromatic heterocycles. The minimum Gasteiger partial charge on any atom is -0.633 e. The molecule has 1 fully saturated rings. The van der Waals surface area contributed by atoms with Crippen molar-refractivity contribution < 1.29 is 5.06 Å². The van der Waals surface area contributed by atoms with E-state index in [1.807, 2.05) is 39.1 Å². The van der Waals surface area contributed by atoms with Gasteiger partial charge >= 0.3 is 0 Å². The van der Waals surface area contributed by atoms with Crippen molar-refractivity contribution in [3.63, 3.8) is 0 Å². The monoisotopic (exact) mass is 234 g/mol. The van der Waals surface area contributed by atoms with Crippen molar-refractivity contribution >= 4 is 0 Å². The van der Waals surface area contributed by atoms with Crippen LogP contribution in [-0.2, 0) is 0 Å². The van der Waals surface area contributed by atoms with E-state index in [1.165, 1.54) is 5.56 Å². The van der Waals surface area contributed by atoms with Gasteiger partial charge in [0.2, 0.25) is 0 Å². The fourth-order valence-corrected chi connectivity index (χ4v) is 3.16. The molecule has 1 aliphatic rings. The Labute approximate surface area is 104 Å². The maximum Gasteiger partial charge on any atom is 0.148 e. The first-order valence-electron chi connectivity index (χ1n) is 6.12. The first kappa shape index (κ1) is 12.6. The number of quaternary nitrogens is 1. The molecule has 0 radical (unpaired) electrons. The molecule has 0 saturated carbocycles. The molecule has 3 nitrogen and oxygen atoms in total. The second kappa shape index (κ2) is 3.80. The smallest absolute Gasteiger partial charge is 0.148 e. The van der Waals surface area contributed by atoms with E-state index in [2.05, 4.69) is 30.9 Å². The number of likely N-dealkylation sites (N-methyl/N-ethyl adjacent to an activating group) is 1. The number of nitrogens with one attached hydrogen (secondary N) is 1. The van der Waals surface area contributed by atoms with Crippen molar-refractivity contribution in [2.24, 2.45) is 0 Å². The third-order valence-electron chi connectivity index (χ3n) is 4.21. The lowest BCUT2D eigenvalue weighted by atomic mass is 9.89. The highest BCUT2D eigenvalue weighted by molar-refractivity contribution is 5.23. The topological polar surface area (TPSA) is 30.7 Å². The van der Waals surface area contributed by atoms with E-state index in [1.54, 1.807) is 0 Å². The maximum absolute atomic E-state index is 12.5. The molecule has 1 aromatic carbocycles. The van der Waals surface area contributed by atoms with Crippen molar-refractivity contribution in [2.75, 3.05) is 7.05 Å². The third-order valence-corrected chi connectivity index (χ3v) is 4.21. The van der Waals surface area contributed by atoms with Gasteiger partial charge in [0.25, 0.3) is 0 Å². The third kappa shape index (κ3) is 1.69. The van der Waals surface area contributed by atoms with Gasteiger partial charge in [-0.1, -0.05) is 30.3 Å². The Kier molecular flexibility index (Phi) is 2.81. The van der Waals surface area contributed by atoms with Crippen LogP contribution in [0.4, 0.5) is 0 Å². The molecular weight excluding hydrogens is 212 g/mol. The average molecular weight is 234 g/mol. The van der Waals surface area contributed by atoms with Gasteiger partial charge in [-0.2, -0.15) is 0 Å². The Morgan fingerprint density at radius 3 is 2.06 bits per heavy atom. The number of nitrogens with zero attached hydrogens (tertiary/aromatic N) is 1. The molecule has 2 unspecified atom stereocenters. The van der Waals surface area contributed by atoms with Gasteiger partial charge in [-0.15, -0.1) is 0 Å². The lowest BCUT2D eigenvalue weighted by Gasteiger charge is -2.40. The zero-order valence-corrected chi connectivity index (χ0v) is 11.3. The highest BCUT2D eigenvalue weighted by Crippen LogP contribution is 2.37. The van der Waals surface area contributed by atoms with Gasteiger partial charge in [-0.05, 0) is 26.5 Å². The van der Waals surface area contributed by atoms with Crippen molar-refractivity contribution in [1.29, 1.82) is 0 Å². The summed E-state index contributed by atoms with van der Waals surface area (Å²) in [7, 11) is 2.05. The van der Waals surface area contributed by atoms with Crippen LogP contribution in [-0.4, -0.2) is 23.1 Å². The summed E-state index contributed by atoms with van der Waals surface area (Å²) in [6, 6.07) is 10.5. The Bertz CT molecular complexity index is 400. The Balaban J connectivity index is 2.48. The summed E-state index contributed by atoms with van der Waals surface area (Å²) >= 11 is 0. The summed E-state index contributed by atoms with van der Waals surface area (Å²) in [5.74, 6) is 0. The predicted molar refractivity (Wildman–Crippen MR) is 69.4 cm³/mol. The molecule has 0 amide bonds. The first-order valence-corrected chi connectivity index (χ1v) is 6.12. The van der Waals surface area contributed by atoms with Crippen molar-refractivity contribution in [3.8, 4) is 0 Å². The number of benzene rings is 1. The predicted octanol–water partition coefficient (Wildman–Crippen LogP) is 1.57. The zero-order chi connectivity index (χ0) is 12.8. The minimum absolute atomic E-state index is 0.159. The van der Waals surface area contributed by atoms with Crippen molar-refractivity contribution in [3.05, 3.63) is 41.1 Å². The number of rotatable bonds is 1. The second-order valence-electron chi connectivity index (χ2n) is 6.03. The molecule has 17 heavy (non-hydrogen) atoms. The Morgan fingerprint density at radius 2 is 1.65 bits per heavy atom. The Morgan fingerprint density at radius 1 is 1.12 bits per heavy atom. The summed E-state index contributed by atoms with van der Waals surface area (Å²) in [5, 5.41) is 12.8. The van der Waals surface area contributed by atoms with E-state index >= 15 is 0 Å². The van der Waals surface area contributed by atoms with Crippen LogP contribution in [0.5, 0.6) is 0 Å². The zero-order valence-electron chi connectivity index (χ0n) is 11.3. The average Bonchev–Trinajstić information content (AvgIpc) is 2.39. The van der Waals surface area contributed by atoms with E-state index in [0.29, 0.717) is 5.06 Å². The van der Waals surface area contributed by atoms with Crippen LogP contribution in [0.3, 0.4) is 0 Å². The van der Waals surface area contributed by atoms with Crippen LogP contribution in [0.2, 0.25) is 0 Å². The molecule has 2 rings (SSSR count).